The van der Waals surface area contributed by atoms with Crippen molar-refractivity contribution < 1.29 is 9.90 Å². The summed E-state index contributed by atoms with van der Waals surface area (Å²) < 4.78 is 1.78. The Morgan fingerprint density at radius 3 is 2.62 bits per heavy atom. The first-order valence-corrected chi connectivity index (χ1v) is 7.88. The van der Waals surface area contributed by atoms with Crippen LogP contribution in [0.2, 0.25) is 0 Å². The van der Waals surface area contributed by atoms with Crippen LogP contribution in [0.15, 0.2) is 59.8 Å². The maximum atomic E-state index is 12.4. The van der Waals surface area contributed by atoms with Crippen LogP contribution in [0.4, 0.5) is 0 Å². The molecule has 0 saturated heterocycles. The molecular formula is C19H14N4O3. The fourth-order valence-electron chi connectivity index (χ4n) is 2.93. The lowest BCUT2D eigenvalue weighted by Crippen LogP contribution is -2.11. The average Bonchev–Trinajstić information content (AvgIpc) is 2.99. The molecule has 7 heteroatoms. The van der Waals surface area contributed by atoms with Gasteiger partial charge >= 0.3 is 5.97 Å². The van der Waals surface area contributed by atoms with Gasteiger partial charge in [0.1, 0.15) is 5.82 Å². The first-order chi connectivity index (χ1) is 12.5. The summed E-state index contributed by atoms with van der Waals surface area (Å²) >= 11 is 0. The van der Waals surface area contributed by atoms with Crippen LogP contribution in [0.5, 0.6) is 0 Å². The Kier molecular flexibility index (Phi) is 3.62. The number of H-pyrrole nitrogens is 1. The Labute approximate surface area is 147 Å². The van der Waals surface area contributed by atoms with Crippen molar-refractivity contribution in [3.63, 3.8) is 0 Å². The van der Waals surface area contributed by atoms with E-state index in [0.29, 0.717) is 16.9 Å². The number of pyridine rings is 2. The van der Waals surface area contributed by atoms with E-state index < -0.39 is 5.97 Å². The van der Waals surface area contributed by atoms with Gasteiger partial charge in [-0.3, -0.25) is 9.78 Å². The van der Waals surface area contributed by atoms with Gasteiger partial charge in [0.05, 0.1) is 22.2 Å². The van der Waals surface area contributed by atoms with Gasteiger partial charge in [-0.2, -0.15) is 0 Å². The van der Waals surface area contributed by atoms with Gasteiger partial charge in [-0.15, -0.1) is 0 Å². The number of imidazole rings is 1. The number of hydrogen-bond donors (Lipinski definition) is 2. The fourth-order valence-corrected chi connectivity index (χ4v) is 2.93. The smallest absolute Gasteiger partial charge is 0.335 e. The normalized spacial score (nSPS) is 11.0. The van der Waals surface area contributed by atoms with Crippen LogP contribution in [-0.4, -0.2) is 30.6 Å². The Bertz CT molecular complexity index is 1190. The van der Waals surface area contributed by atoms with Crippen molar-refractivity contribution in [3.05, 3.63) is 70.9 Å². The number of benzene rings is 1. The minimum Gasteiger partial charge on any atom is -0.478 e. The summed E-state index contributed by atoms with van der Waals surface area (Å²) in [5.41, 5.74) is 3.33. The first kappa shape index (κ1) is 15.8. The molecule has 0 aliphatic carbocycles. The van der Waals surface area contributed by atoms with Gasteiger partial charge in [-0.25, -0.2) is 9.78 Å². The van der Waals surface area contributed by atoms with Crippen molar-refractivity contribution in [3.8, 4) is 22.5 Å². The highest BCUT2D eigenvalue weighted by Crippen LogP contribution is 2.25. The number of carboxylic acids is 1. The highest BCUT2D eigenvalue weighted by molar-refractivity contribution is 5.93. The van der Waals surface area contributed by atoms with Gasteiger partial charge in [0.2, 0.25) is 0 Å². The minimum atomic E-state index is -1.02. The Morgan fingerprint density at radius 2 is 1.88 bits per heavy atom. The quantitative estimate of drug-likeness (QED) is 0.594. The van der Waals surface area contributed by atoms with Crippen LogP contribution in [0.25, 0.3) is 33.5 Å². The summed E-state index contributed by atoms with van der Waals surface area (Å²) in [5.74, 6) is -0.545. The number of aryl methyl sites for hydroxylation is 1. The molecule has 0 unspecified atom stereocenters. The highest BCUT2D eigenvalue weighted by Gasteiger charge is 2.15. The molecule has 0 saturated carbocycles. The predicted octanol–water partition coefficient (Wildman–Crippen LogP) is 2.69. The van der Waals surface area contributed by atoms with Crippen molar-refractivity contribution in [2.24, 2.45) is 7.05 Å². The number of aromatic carboxylic acids is 1. The summed E-state index contributed by atoms with van der Waals surface area (Å²) in [4.78, 5) is 34.8. The molecule has 0 bridgehead atoms. The van der Waals surface area contributed by atoms with Gasteiger partial charge in [-0.1, -0.05) is 0 Å². The van der Waals surface area contributed by atoms with Crippen molar-refractivity contribution in [2.45, 2.75) is 0 Å². The Morgan fingerprint density at radius 1 is 1.12 bits per heavy atom. The lowest BCUT2D eigenvalue weighted by Gasteiger charge is -2.05. The molecule has 1 aromatic carbocycles. The molecule has 0 radical (unpaired) electrons. The average molecular weight is 346 g/mol. The Balaban J connectivity index is 1.91. The number of aromatic amines is 1. The van der Waals surface area contributed by atoms with E-state index in [-0.39, 0.29) is 11.1 Å². The van der Waals surface area contributed by atoms with Crippen LogP contribution < -0.4 is 5.56 Å². The number of aromatic nitrogens is 4. The standard InChI is InChI=1S/C19H14N4O3/c1-23-16-3-2-12(19(25)26)9-15(16)22-17(23)14-8-13(10-21-18(14)24)11-4-6-20-7-5-11/h2-10H,1H3,(H,21,24)(H,25,26). The van der Waals surface area contributed by atoms with Gasteiger partial charge in [-0.05, 0) is 47.5 Å². The van der Waals surface area contributed by atoms with E-state index >= 15 is 0 Å². The largest absolute Gasteiger partial charge is 0.478 e. The second-order valence-electron chi connectivity index (χ2n) is 5.87. The third-order valence-corrected chi connectivity index (χ3v) is 4.29. The van der Waals surface area contributed by atoms with Crippen LogP contribution in [-0.2, 0) is 7.05 Å². The summed E-state index contributed by atoms with van der Waals surface area (Å²) in [6.45, 7) is 0. The lowest BCUT2D eigenvalue weighted by atomic mass is 10.1. The van der Waals surface area contributed by atoms with Crippen molar-refractivity contribution in [2.75, 3.05) is 0 Å². The molecular weight excluding hydrogens is 332 g/mol. The molecule has 0 aliphatic heterocycles. The molecule has 0 spiro atoms. The van der Waals surface area contributed by atoms with E-state index in [4.69, 9.17) is 5.11 Å². The summed E-state index contributed by atoms with van der Waals surface area (Å²) in [5, 5.41) is 9.15. The van der Waals surface area contributed by atoms with Crippen molar-refractivity contribution >= 4 is 17.0 Å². The van der Waals surface area contributed by atoms with Crippen molar-refractivity contribution in [1.29, 1.82) is 0 Å². The van der Waals surface area contributed by atoms with Crippen LogP contribution >= 0.6 is 0 Å². The molecule has 26 heavy (non-hydrogen) atoms. The van der Waals surface area contributed by atoms with Gasteiger partial charge in [0.25, 0.3) is 5.56 Å². The second kappa shape index (κ2) is 5.96. The molecule has 0 aliphatic rings. The first-order valence-electron chi connectivity index (χ1n) is 7.88. The molecule has 0 atom stereocenters. The molecule has 4 aromatic rings. The van der Waals surface area contributed by atoms with Crippen LogP contribution in [0.1, 0.15) is 10.4 Å². The SMILES string of the molecule is Cn1c(-c2cc(-c3ccncc3)c[nH]c2=O)nc2cc(C(=O)O)ccc21. The zero-order chi connectivity index (χ0) is 18.3. The van der Waals surface area contributed by atoms with Gasteiger partial charge < -0.3 is 14.7 Å². The maximum Gasteiger partial charge on any atom is 0.335 e. The molecule has 4 rings (SSSR count). The summed E-state index contributed by atoms with van der Waals surface area (Å²) in [6, 6.07) is 10.2. The van der Waals surface area contributed by atoms with E-state index in [1.165, 1.54) is 12.1 Å². The molecule has 128 valence electrons. The summed E-state index contributed by atoms with van der Waals surface area (Å²) in [6.07, 6.45) is 5.01. The number of nitrogens with zero attached hydrogens (tertiary/aromatic N) is 3. The number of carbonyl (C=O) groups is 1. The van der Waals surface area contributed by atoms with E-state index in [1.54, 1.807) is 42.3 Å². The predicted molar refractivity (Wildman–Crippen MR) is 97.0 cm³/mol. The van der Waals surface area contributed by atoms with E-state index in [0.717, 1.165) is 16.6 Å². The van der Waals surface area contributed by atoms with Gasteiger partial charge in [0, 0.05) is 25.6 Å². The maximum absolute atomic E-state index is 12.4. The van der Waals surface area contributed by atoms with Crippen LogP contribution in [0.3, 0.4) is 0 Å². The number of carboxylic acid groups (broad SMARTS) is 1. The molecule has 7 nitrogen and oxygen atoms in total. The van der Waals surface area contributed by atoms with E-state index in [1.807, 2.05) is 12.1 Å². The third kappa shape index (κ3) is 2.55. The van der Waals surface area contributed by atoms with E-state index in [9.17, 15) is 9.59 Å². The molecule has 3 heterocycles. The van der Waals surface area contributed by atoms with E-state index in [2.05, 4.69) is 15.0 Å². The fraction of sp³-hybridized carbons (Fsp3) is 0.0526. The monoisotopic (exact) mass is 346 g/mol. The number of nitrogens with one attached hydrogen (secondary N) is 1. The van der Waals surface area contributed by atoms with Gasteiger partial charge in [0.15, 0.2) is 0 Å². The zero-order valence-corrected chi connectivity index (χ0v) is 13.8. The number of rotatable bonds is 3. The minimum absolute atomic E-state index is 0.154. The number of fused-ring (bicyclic) bond motifs is 1. The lowest BCUT2D eigenvalue weighted by molar-refractivity contribution is 0.0697. The van der Waals surface area contributed by atoms with Crippen molar-refractivity contribution in [1.82, 2.24) is 19.5 Å². The highest BCUT2D eigenvalue weighted by atomic mass is 16.4. The summed E-state index contributed by atoms with van der Waals surface area (Å²) in [7, 11) is 1.80. The number of hydrogen-bond acceptors (Lipinski definition) is 4. The molecule has 2 N–H and O–H groups in total. The molecule has 0 amide bonds. The van der Waals surface area contributed by atoms with Crippen LogP contribution in [0, 0.1) is 0 Å². The zero-order valence-electron chi connectivity index (χ0n) is 13.8. The topological polar surface area (TPSA) is 101 Å². The second-order valence-corrected chi connectivity index (χ2v) is 5.87. The molecule has 3 aromatic heterocycles. The molecule has 0 fully saturated rings. The third-order valence-electron chi connectivity index (χ3n) is 4.29. The Hall–Kier alpha value is -3.74.